The predicted molar refractivity (Wildman–Crippen MR) is 72.5 cm³/mol. The largest absolute Gasteiger partial charge is 0.364 e. The van der Waals surface area contributed by atoms with Crippen molar-refractivity contribution in [2.45, 2.75) is 25.8 Å². The van der Waals surface area contributed by atoms with Crippen molar-refractivity contribution >= 4 is 11.5 Å². The molecule has 0 aliphatic carbocycles. The Hall–Kier alpha value is -1.89. The first kappa shape index (κ1) is 12.2. The Balaban J connectivity index is 1.87. The Bertz CT molecular complexity index is 612. The standard InChI is InChI=1S/C12H18N6O/c1-2-17(8-9-4-3-7-13-9)11-6-5-10-14-15-12(19)18(10)16-11/h5-6,9,13H,2-4,7-8H2,1H3,(H,15,19). The second kappa shape index (κ2) is 5.00. The quantitative estimate of drug-likeness (QED) is 0.810. The minimum absolute atomic E-state index is 0.299. The molecule has 0 bridgehead atoms. The molecule has 1 aliphatic rings. The van der Waals surface area contributed by atoms with Crippen molar-refractivity contribution in [3.05, 3.63) is 22.6 Å². The van der Waals surface area contributed by atoms with E-state index in [0.29, 0.717) is 11.7 Å². The van der Waals surface area contributed by atoms with Crippen molar-refractivity contribution in [1.82, 2.24) is 25.1 Å². The highest BCUT2D eigenvalue weighted by molar-refractivity contribution is 5.45. The van der Waals surface area contributed by atoms with Crippen LogP contribution >= 0.6 is 0 Å². The van der Waals surface area contributed by atoms with Crippen LogP contribution in [0, 0.1) is 0 Å². The summed E-state index contributed by atoms with van der Waals surface area (Å²) in [6.07, 6.45) is 2.43. The average Bonchev–Trinajstić information content (AvgIpc) is 3.06. The highest BCUT2D eigenvalue weighted by Crippen LogP contribution is 2.13. The van der Waals surface area contributed by atoms with Gasteiger partial charge in [-0.3, -0.25) is 0 Å². The van der Waals surface area contributed by atoms with Crippen LogP contribution in [0.4, 0.5) is 5.82 Å². The lowest BCUT2D eigenvalue weighted by Gasteiger charge is -2.25. The summed E-state index contributed by atoms with van der Waals surface area (Å²) in [4.78, 5) is 13.7. The Kier molecular flexibility index (Phi) is 3.20. The molecule has 1 unspecified atom stereocenters. The van der Waals surface area contributed by atoms with Gasteiger partial charge >= 0.3 is 5.69 Å². The number of H-pyrrole nitrogens is 1. The molecule has 0 amide bonds. The van der Waals surface area contributed by atoms with E-state index in [1.54, 1.807) is 0 Å². The first-order valence-electron chi connectivity index (χ1n) is 6.70. The average molecular weight is 262 g/mol. The van der Waals surface area contributed by atoms with Crippen LogP contribution in [0.5, 0.6) is 0 Å². The fraction of sp³-hybridized carbons (Fsp3) is 0.583. The Morgan fingerprint density at radius 2 is 2.42 bits per heavy atom. The van der Waals surface area contributed by atoms with Crippen LogP contribution in [0.15, 0.2) is 16.9 Å². The lowest BCUT2D eigenvalue weighted by atomic mass is 10.2. The van der Waals surface area contributed by atoms with Gasteiger partial charge in [-0.1, -0.05) is 0 Å². The molecule has 102 valence electrons. The Morgan fingerprint density at radius 3 is 3.16 bits per heavy atom. The molecular formula is C12H18N6O. The van der Waals surface area contributed by atoms with Crippen molar-refractivity contribution < 1.29 is 0 Å². The third-order valence-electron chi connectivity index (χ3n) is 3.57. The van der Waals surface area contributed by atoms with Crippen LogP contribution in [0.1, 0.15) is 19.8 Å². The zero-order chi connectivity index (χ0) is 13.2. The normalized spacial score (nSPS) is 19.1. The number of fused-ring (bicyclic) bond motifs is 1. The van der Waals surface area contributed by atoms with E-state index in [1.807, 2.05) is 12.1 Å². The summed E-state index contributed by atoms with van der Waals surface area (Å²) in [6.45, 7) is 4.97. The van der Waals surface area contributed by atoms with Gasteiger partial charge in [0, 0.05) is 19.1 Å². The van der Waals surface area contributed by atoms with Crippen molar-refractivity contribution in [1.29, 1.82) is 0 Å². The van der Waals surface area contributed by atoms with E-state index in [2.05, 4.69) is 32.4 Å². The number of aromatic amines is 1. The number of nitrogens with zero attached hydrogens (tertiary/aromatic N) is 4. The lowest BCUT2D eigenvalue weighted by Crippen LogP contribution is -2.38. The molecule has 7 nitrogen and oxygen atoms in total. The van der Waals surface area contributed by atoms with Crippen LogP contribution in [0.25, 0.3) is 5.65 Å². The van der Waals surface area contributed by atoms with Gasteiger partial charge in [-0.15, -0.1) is 5.10 Å². The molecule has 7 heteroatoms. The molecule has 0 aromatic carbocycles. The second-order valence-corrected chi connectivity index (χ2v) is 4.82. The minimum Gasteiger partial charge on any atom is -0.354 e. The molecule has 0 spiro atoms. The van der Waals surface area contributed by atoms with Crippen molar-refractivity contribution in [3.8, 4) is 0 Å². The third-order valence-corrected chi connectivity index (χ3v) is 3.57. The molecule has 2 N–H and O–H groups in total. The van der Waals surface area contributed by atoms with E-state index < -0.39 is 0 Å². The monoisotopic (exact) mass is 262 g/mol. The summed E-state index contributed by atoms with van der Waals surface area (Å²) in [5.74, 6) is 0.812. The summed E-state index contributed by atoms with van der Waals surface area (Å²) in [6, 6.07) is 4.23. The van der Waals surface area contributed by atoms with Gasteiger partial charge in [-0.2, -0.15) is 9.61 Å². The molecule has 1 aliphatic heterocycles. The Morgan fingerprint density at radius 1 is 1.53 bits per heavy atom. The SMILES string of the molecule is CCN(CC1CCCN1)c1ccc2n[nH]c(=O)n2n1. The van der Waals surface area contributed by atoms with Crippen LogP contribution < -0.4 is 15.9 Å². The number of aromatic nitrogens is 4. The molecule has 19 heavy (non-hydrogen) atoms. The molecule has 1 fully saturated rings. The summed E-state index contributed by atoms with van der Waals surface area (Å²) in [5.41, 5.74) is 0.246. The molecule has 0 saturated carbocycles. The van der Waals surface area contributed by atoms with Gasteiger partial charge in [-0.05, 0) is 38.4 Å². The topological polar surface area (TPSA) is 78.3 Å². The fourth-order valence-corrected chi connectivity index (χ4v) is 2.53. The van der Waals surface area contributed by atoms with E-state index in [-0.39, 0.29) is 5.69 Å². The number of hydrogen-bond donors (Lipinski definition) is 2. The first-order chi connectivity index (χ1) is 9.28. The van der Waals surface area contributed by atoms with E-state index in [9.17, 15) is 4.79 Å². The fourth-order valence-electron chi connectivity index (χ4n) is 2.53. The maximum absolute atomic E-state index is 11.5. The van der Waals surface area contributed by atoms with Crippen LogP contribution in [-0.4, -0.2) is 45.5 Å². The van der Waals surface area contributed by atoms with Crippen LogP contribution in [-0.2, 0) is 0 Å². The molecule has 1 atom stereocenters. The minimum atomic E-state index is -0.299. The van der Waals surface area contributed by atoms with Gasteiger partial charge in [0.2, 0.25) is 0 Å². The van der Waals surface area contributed by atoms with Gasteiger partial charge in [0.05, 0.1) is 0 Å². The number of likely N-dealkylation sites (N-methyl/N-ethyl adjacent to an activating group) is 1. The van der Waals surface area contributed by atoms with Crippen molar-refractivity contribution in [2.75, 3.05) is 24.5 Å². The summed E-state index contributed by atoms with van der Waals surface area (Å²) in [5, 5.41) is 14.1. The van der Waals surface area contributed by atoms with E-state index in [0.717, 1.165) is 25.5 Å². The number of rotatable bonds is 4. The smallest absolute Gasteiger partial charge is 0.354 e. The number of anilines is 1. The lowest BCUT2D eigenvalue weighted by molar-refractivity contribution is 0.581. The molecular weight excluding hydrogens is 244 g/mol. The van der Waals surface area contributed by atoms with Gasteiger partial charge < -0.3 is 10.2 Å². The molecule has 2 aromatic heterocycles. The van der Waals surface area contributed by atoms with Gasteiger partial charge in [0.15, 0.2) is 5.65 Å². The molecule has 1 saturated heterocycles. The third kappa shape index (κ3) is 2.33. The highest BCUT2D eigenvalue weighted by atomic mass is 16.2. The first-order valence-corrected chi connectivity index (χ1v) is 6.70. The maximum atomic E-state index is 11.5. The zero-order valence-electron chi connectivity index (χ0n) is 11.0. The van der Waals surface area contributed by atoms with E-state index >= 15 is 0 Å². The van der Waals surface area contributed by atoms with E-state index in [1.165, 1.54) is 17.4 Å². The van der Waals surface area contributed by atoms with Crippen molar-refractivity contribution in [3.63, 3.8) is 0 Å². The summed E-state index contributed by atoms with van der Waals surface area (Å²) in [7, 11) is 0. The second-order valence-electron chi connectivity index (χ2n) is 4.82. The predicted octanol–water partition coefficient (Wildman–Crippen LogP) is -0.00410. The van der Waals surface area contributed by atoms with Gasteiger partial charge in [0.1, 0.15) is 5.82 Å². The molecule has 0 radical (unpaired) electrons. The zero-order valence-corrected chi connectivity index (χ0v) is 11.0. The number of nitrogens with one attached hydrogen (secondary N) is 2. The van der Waals surface area contributed by atoms with Crippen LogP contribution in [0.2, 0.25) is 0 Å². The summed E-state index contributed by atoms with van der Waals surface area (Å²) >= 11 is 0. The maximum Gasteiger partial charge on any atom is 0.364 e. The Labute approximate surface area is 110 Å². The van der Waals surface area contributed by atoms with Crippen molar-refractivity contribution in [2.24, 2.45) is 0 Å². The molecule has 3 heterocycles. The van der Waals surface area contributed by atoms with Gasteiger partial charge in [0.25, 0.3) is 0 Å². The van der Waals surface area contributed by atoms with Crippen LogP contribution in [0.3, 0.4) is 0 Å². The molecule has 3 rings (SSSR count). The molecule has 2 aromatic rings. The summed E-state index contributed by atoms with van der Waals surface area (Å²) < 4.78 is 1.31. The number of hydrogen-bond acceptors (Lipinski definition) is 5. The highest BCUT2D eigenvalue weighted by Gasteiger charge is 2.18. The van der Waals surface area contributed by atoms with Gasteiger partial charge in [-0.25, -0.2) is 9.89 Å². The van der Waals surface area contributed by atoms with E-state index in [4.69, 9.17) is 0 Å².